The molecule has 0 heterocycles. The normalized spacial score (nSPS) is 21.7. The zero-order chi connectivity index (χ0) is 9.52. The second-order valence-electron chi connectivity index (χ2n) is 4.37. The van der Waals surface area contributed by atoms with E-state index in [0.717, 1.165) is 18.4 Å². The Hall–Kier alpha value is -0.0400. The molecule has 78 valence electrons. The van der Waals surface area contributed by atoms with Crippen LogP contribution in [-0.2, 0) is 0 Å². The van der Waals surface area contributed by atoms with Crippen LogP contribution in [0.4, 0.5) is 0 Å². The molecule has 1 rings (SSSR count). The van der Waals surface area contributed by atoms with Crippen molar-refractivity contribution in [2.24, 2.45) is 11.8 Å². The summed E-state index contributed by atoms with van der Waals surface area (Å²) in [5.41, 5.74) is 0. The van der Waals surface area contributed by atoms with Crippen LogP contribution in [0.1, 0.15) is 52.4 Å². The van der Waals surface area contributed by atoms with Gasteiger partial charge in [0.15, 0.2) is 0 Å². The molecule has 1 aliphatic carbocycles. The quantitative estimate of drug-likeness (QED) is 0.690. The largest absolute Gasteiger partial charge is 0.317 e. The van der Waals surface area contributed by atoms with Crippen LogP contribution in [0.15, 0.2) is 0 Å². The molecule has 0 bridgehead atoms. The van der Waals surface area contributed by atoms with Crippen LogP contribution in [0, 0.1) is 11.8 Å². The summed E-state index contributed by atoms with van der Waals surface area (Å²) in [4.78, 5) is 0. The summed E-state index contributed by atoms with van der Waals surface area (Å²) in [5.74, 6) is 1.97. The molecule has 0 aliphatic heterocycles. The van der Waals surface area contributed by atoms with Crippen LogP contribution in [0.5, 0.6) is 0 Å². The van der Waals surface area contributed by atoms with Crippen molar-refractivity contribution in [3.05, 3.63) is 0 Å². The Morgan fingerprint density at radius 1 is 1.15 bits per heavy atom. The monoisotopic (exact) mass is 183 g/mol. The number of nitrogens with one attached hydrogen (secondary N) is 1. The summed E-state index contributed by atoms with van der Waals surface area (Å²) < 4.78 is 0. The maximum absolute atomic E-state index is 3.50. The van der Waals surface area contributed by atoms with Gasteiger partial charge in [-0.3, -0.25) is 0 Å². The maximum atomic E-state index is 3.50. The lowest BCUT2D eigenvalue weighted by molar-refractivity contribution is 0.236. The fraction of sp³-hybridized carbons (Fsp3) is 1.00. The first-order chi connectivity index (χ1) is 6.38. The molecule has 0 saturated heterocycles. The zero-order valence-electron chi connectivity index (χ0n) is 9.31. The third-order valence-electron chi connectivity index (χ3n) is 3.50. The van der Waals surface area contributed by atoms with Crippen molar-refractivity contribution in [2.45, 2.75) is 52.4 Å². The summed E-state index contributed by atoms with van der Waals surface area (Å²) in [6.45, 7) is 6.92. The van der Waals surface area contributed by atoms with Crippen molar-refractivity contribution in [1.82, 2.24) is 5.32 Å². The standard InChI is InChI=1S/C12H25N/c1-3-11(10-13-4-2)12-8-6-5-7-9-12/h11-13H,3-10H2,1-2H3. The highest BCUT2D eigenvalue weighted by Crippen LogP contribution is 2.31. The summed E-state index contributed by atoms with van der Waals surface area (Å²) in [6.07, 6.45) is 8.78. The lowest BCUT2D eigenvalue weighted by Gasteiger charge is -2.29. The highest BCUT2D eigenvalue weighted by atomic mass is 14.8. The smallest absolute Gasteiger partial charge is 0.00181 e. The number of hydrogen-bond donors (Lipinski definition) is 1. The Morgan fingerprint density at radius 2 is 1.85 bits per heavy atom. The molecule has 1 N–H and O–H groups in total. The van der Waals surface area contributed by atoms with E-state index in [-0.39, 0.29) is 0 Å². The maximum Gasteiger partial charge on any atom is -0.00181 e. The van der Waals surface area contributed by atoms with Crippen LogP contribution < -0.4 is 5.32 Å². The molecule has 0 aromatic carbocycles. The fourth-order valence-electron chi connectivity index (χ4n) is 2.58. The topological polar surface area (TPSA) is 12.0 Å². The highest BCUT2D eigenvalue weighted by molar-refractivity contribution is 4.74. The van der Waals surface area contributed by atoms with Crippen LogP contribution >= 0.6 is 0 Å². The minimum atomic E-state index is 0.945. The first kappa shape index (κ1) is 11.0. The minimum Gasteiger partial charge on any atom is -0.317 e. The van der Waals surface area contributed by atoms with E-state index in [1.165, 1.54) is 45.1 Å². The molecule has 0 spiro atoms. The van der Waals surface area contributed by atoms with Crippen LogP contribution in [-0.4, -0.2) is 13.1 Å². The van der Waals surface area contributed by atoms with Gasteiger partial charge in [-0.15, -0.1) is 0 Å². The molecule has 1 saturated carbocycles. The molecule has 1 nitrogen and oxygen atoms in total. The molecule has 0 radical (unpaired) electrons. The van der Waals surface area contributed by atoms with Gasteiger partial charge in [0.2, 0.25) is 0 Å². The summed E-state index contributed by atoms with van der Waals surface area (Å²) in [7, 11) is 0. The fourth-order valence-corrected chi connectivity index (χ4v) is 2.58. The minimum absolute atomic E-state index is 0.945. The average Bonchev–Trinajstić information content (AvgIpc) is 2.21. The number of rotatable bonds is 5. The average molecular weight is 183 g/mol. The molecular weight excluding hydrogens is 158 g/mol. The Morgan fingerprint density at radius 3 is 2.38 bits per heavy atom. The Bertz CT molecular complexity index is 116. The van der Waals surface area contributed by atoms with Crippen molar-refractivity contribution in [1.29, 1.82) is 0 Å². The highest BCUT2D eigenvalue weighted by Gasteiger charge is 2.21. The van der Waals surface area contributed by atoms with E-state index >= 15 is 0 Å². The molecule has 1 atom stereocenters. The Kier molecular flexibility index (Phi) is 5.45. The van der Waals surface area contributed by atoms with E-state index in [1.54, 1.807) is 0 Å². The van der Waals surface area contributed by atoms with Crippen LogP contribution in [0.25, 0.3) is 0 Å². The van der Waals surface area contributed by atoms with E-state index in [2.05, 4.69) is 19.2 Å². The SMILES string of the molecule is CCNCC(CC)C1CCCCC1. The van der Waals surface area contributed by atoms with Gasteiger partial charge in [0.1, 0.15) is 0 Å². The Balaban J connectivity index is 2.26. The zero-order valence-corrected chi connectivity index (χ0v) is 9.31. The van der Waals surface area contributed by atoms with Crippen molar-refractivity contribution in [3.8, 4) is 0 Å². The number of hydrogen-bond acceptors (Lipinski definition) is 1. The van der Waals surface area contributed by atoms with Gasteiger partial charge in [0.25, 0.3) is 0 Å². The van der Waals surface area contributed by atoms with Gasteiger partial charge in [0, 0.05) is 0 Å². The van der Waals surface area contributed by atoms with Gasteiger partial charge in [-0.25, -0.2) is 0 Å². The van der Waals surface area contributed by atoms with Crippen molar-refractivity contribution >= 4 is 0 Å². The molecule has 1 unspecified atom stereocenters. The van der Waals surface area contributed by atoms with Crippen molar-refractivity contribution < 1.29 is 0 Å². The molecule has 1 heteroatoms. The lowest BCUT2D eigenvalue weighted by Crippen LogP contribution is -2.28. The van der Waals surface area contributed by atoms with Crippen molar-refractivity contribution in [3.63, 3.8) is 0 Å². The molecule has 0 amide bonds. The van der Waals surface area contributed by atoms with Gasteiger partial charge in [-0.2, -0.15) is 0 Å². The van der Waals surface area contributed by atoms with Crippen LogP contribution in [0.3, 0.4) is 0 Å². The van der Waals surface area contributed by atoms with Gasteiger partial charge in [0.05, 0.1) is 0 Å². The van der Waals surface area contributed by atoms with E-state index < -0.39 is 0 Å². The molecule has 1 aliphatic rings. The first-order valence-electron chi connectivity index (χ1n) is 6.09. The molecule has 13 heavy (non-hydrogen) atoms. The summed E-state index contributed by atoms with van der Waals surface area (Å²) in [6, 6.07) is 0. The second kappa shape index (κ2) is 6.42. The molecule has 0 aromatic heterocycles. The third-order valence-corrected chi connectivity index (χ3v) is 3.50. The second-order valence-corrected chi connectivity index (χ2v) is 4.37. The van der Waals surface area contributed by atoms with E-state index in [0.29, 0.717) is 0 Å². The van der Waals surface area contributed by atoms with E-state index in [9.17, 15) is 0 Å². The molecule has 0 aromatic rings. The van der Waals surface area contributed by atoms with Gasteiger partial charge >= 0.3 is 0 Å². The lowest BCUT2D eigenvalue weighted by atomic mass is 9.79. The van der Waals surface area contributed by atoms with Gasteiger partial charge in [-0.1, -0.05) is 52.4 Å². The summed E-state index contributed by atoms with van der Waals surface area (Å²) in [5, 5.41) is 3.50. The molecular formula is C12H25N. The van der Waals surface area contributed by atoms with E-state index in [1.807, 2.05) is 0 Å². The van der Waals surface area contributed by atoms with Gasteiger partial charge in [-0.05, 0) is 24.9 Å². The van der Waals surface area contributed by atoms with E-state index in [4.69, 9.17) is 0 Å². The van der Waals surface area contributed by atoms with Crippen LogP contribution in [0.2, 0.25) is 0 Å². The summed E-state index contributed by atoms with van der Waals surface area (Å²) >= 11 is 0. The first-order valence-corrected chi connectivity index (χ1v) is 6.09. The molecule has 1 fully saturated rings. The predicted octanol–water partition coefficient (Wildman–Crippen LogP) is 3.20. The third kappa shape index (κ3) is 3.68. The van der Waals surface area contributed by atoms with Gasteiger partial charge < -0.3 is 5.32 Å². The Labute approximate surface area is 83.3 Å². The van der Waals surface area contributed by atoms with Crippen molar-refractivity contribution in [2.75, 3.05) is 13.1 Å². The predicted molar refractivity (Wildman–Crippen MR) is 58.9 cm³/mol.